The van der Waals surface area contributed by atoms with Gasteiger partial charge in [0.25, 0.3) is 0 Å². The van der Waals surface area contributed by atoms with Gasteiger partial charge in [0.1, 0.15) is 5.78 Å². The average molecular weight is 171 g/mol. The summed E-state index contributed by atoms with van der Waals surface area (Å²) in [4.78, 5) is 14.5. The zero-order valence-corrected chi connectivity index (χ0v) is 7.21. The van der Waals surface area contributed by atoms with Gasteiger partial charge in [-0.3, -0.25) is 4.79 Å². The first kappa shape index (κ1) is 8.00. The van der Waals surface area contributed by atoms with Crippen LogP contribution in [0.2, 0.25) is 0 Å². The molecule has 0 radical (unpaired) electrons. The van der Waals surface area contributed by atoms with Gasteiger partial charge in [0.05, 0.1) is 6.57 Å². The van der Waals surface area contributed by atoms with Crippen LogP contribution in [0.5, 0.6) is 0 Å². The van der Waals surface area contributed by atoms with E-state index in [1.165, 1.54) is 5.56 Å². The van der Waals surface area contributed by atoms with Crippen LogP contribution in [0.1, 0.15) is 17.5 Å². The van der Waals surface area contributed by atoms with Crippen LogP contribution in [0.15, 0.2) is 18.2 Å². The SMILES string of the molecule is [C-]#[N+]c1ccc2c(c1)CC(=O)CC2. The fourth-order valence-electron chi connectivity index (χ4n) is 1.67. The number of rotatable bonds is 0. The van der Waals surface area contributed by atoms with Crippen molar-refractivity contribution in [3.63, 3.8) is 0 Å². The van der Waals surface area contributed by atoms with E-state index in [1.807, 2.05) is 18.2 Å². The van der Waals surface area contributed by atoms with Gasteiger partial charge in [-0.15, -0.1) is 0 Å². The predicted molar refractivity (Wildman–Crippen MR) is 49.7 cm³/mol. The summed E-state index contributed by atoms with van der Waals surface area (Å²) in [6.07, 6.45) is 2.01. The molecule has 0 bridgehead atoms. The lowest BCUT2D eigenvalue weighted by Gasteiger charge is -2.14. The van der Waals surface area contributed by atoms with Crippen molar-refractivity contribution in [3.8, 4) is 0 Å². The molecule has 64 valence electrons. The number of benzene rings is 1. The number of aryl methyl sites for hydroxylation is 1. The number of carbonyl (C=O) groups excluding carboxylic acids is 1. The van der Waals surface area contributed by atoms with Gasteiger partial charge in [-0.25, -0.2) is 4.85 Å². The normalized spacial score (nSPS) is 14.8. The third kappa shape index (κ3) is 1.46. The Balaban J connectivity index is 2.45. The van der Waals surface area contributed by atoms with Crippen LogP contribution in [0.4, 0.5) is 5.69 Å². The molecule has 0 amide bonds. The molecule has 1 aromatic carbocycles. The Labute approximate surface area is 77.0 Å². The first-order chi connectivity index (χ1) is 6.29. The Morgan fingerprint density at radius 3 is 2.85 bits per heavy atom. The van der Waals surface area contributed by atoms with Gasteiger partial charge in [-0.2, -0.15) is 0 Å². The van der Waals surface area contributed by atoms with Crippen molar-refractivity contribution in [1.82, 2.24) is 0 Å². The van der Waals surface area contributed by atoms with Gasteiger partial charge in [-0.05, 0) is 17.5 Å². The Kier molecular flexibility index (Phi) is 1.86. The topological polar surface area (TPSA) is 21.4 Å². The minimum atomic E-state index is 0.287. The van der Waals surface area contributed by atoms with Crippen molar-refractivity contribution in [3.05, 3.63) is 40.7 Å². The molecule has 1 aliphatic carbocycles. The van der Waals surface area contributed by atoms with E-state index in [4.69, 9.17) is 6.57 Å². The highest BCUT2D eigenvalue weighted by molar-refractivity contribution is 5.83. The van der Waals surface area contributed by atoms with Gasteiger partial charge in [0.2, 0.25) is 0 Å². The molecule has 13 heavy (non-hydrogen) atoms. The van der Waals surface area contributed by atoms with Crippen molar-refractivity contribution in [2.75, 3.05) is 0 Å². The predicted octanol–water partition coefficient (Wildman–Crippen LogP) is 2.30. The van der Waals surface area contributed by atoms with E-state index in [1.54, 1.807) is 0 Å². The number of fused-ring (bicyclic) bond motifs is 1. The summed E-state index contributed by atoms with van der Waals surface area (Å²) in [5.74, 6) is 0.287. The third-order valence-electron chi connectivity index (χ3n) is 2.38. The number of carbonyl (C=O) groups is 1. The zero-order valence-electron chi connectivity index (χ0n) is 7.21. The Bertz CT molecular complexity index is 401. The zero-order chi connectivity index (χ0) is 9.26. The Hall–Kier alpha value is -1.62. The molecular formula is C11H9NO. The number of hydrogen-bond acceptors (Lipinski definition) is 1. The maximum Gasteiger partial charge on any atom is 0.187 e. The van der Waals surface area contributed by atoms with E-state index >= 15 is 0 Å². The molecule has 0 N–H and O–H groups in total. The molecule has 2 rings (SSSR count). The van der Waals surface area contributed by atoms with Gasteiger partial charge in [0.15, 0.2) is 5.69 Å². The minimum Gasteiger partial charge on any atom is -0.299 e. The van der Waals surface area contributed by atoms with Gasteiger partial charge >= 0.3 is 0 Å². The molecular weight excluding hydrogens is 162 g/mol. The van der Waals surface area contributed by atoms with Crippen LogP contribution in [0.3, 0.4) is 0 Å². The average Bonchev–Trinajstić information content (AvgIpc) is 2.16. The summed E-state index contributed by atoms with van der Waals surface area (Å²) in [7, 11) is 0. The molecule has 0 saturated heterocycles. The lowest BCUT2D eigenvalue weighted by molar-refractivity contribution is -0.118. The molecule has 0 aliphatic heterocycles. The molecule has 0 fully saturated rings. The third-order valence-corrected chi connectivity index (χ3v) is 2.38. The summed E-state index contributed by atoms with van der Waals surface area (Å²) in [5, 5.41) is 0. The molecule has 0 saturated carbocycles. The number of nitrogens with zero attached hydrogens (tertiary/aromatic N) is 1. The Morgan fingerprint density at radius 1 is 1.23 bits per heavy atom. The number of ketones is 1. The molecule has 2 nitrogen and oxygen atoms in total. The summed E-state index contributed by atoms with van der Waals surface area (Å²) < 4.78 is 0. The van der Waals surface area contributed by atoms with Crippen LogP contribution in [-0.4, -0.2) is 5.78 Å². The molecule has 0 atom stereocenters. The molecule has 0 unspecified atom stereocenters. The van der Waals surface area contributed by atoms with Crippen LogP contribution in [0.25, 0.3) is 4.85 Å². The van der Waals surface area contributed by atoms with E-state index in [0.29, 0.717) is 18.5 Å². The first-order valence-electron chi connectivity index (χ1n) is 4.30. The summed E-state index contributed by atoms with van der Waals surface area (Å²) >= 11 is 0. The smallest absolute Gasteiger partial charge is 0.187 e. The van der Waals surface area contributed by atoms with E-state index in [0.717, 1.165) is 12.0 Å². The second-order valence-corrected chi connectivity index (χ2v) is 3.28. The Morgan fingerprint density at radius 2 is 2.08 bits per heavy atom. The second-order valence-electron chi connectivity index (χ2n) is 3.28. The molecule has 0 aromatic heterocycles. The first-order valence-corrected chi connectivity index (χ1v) is 4.30. The van der Waals surface area contributed by atoms with Crippen molar-refractivity contribution >= 4 is 11.5 Å². The van der Waals surface area contributed by atoms with E-state index < -0.39 is 0 Å². The minimum absolute atomic E-state index is 0.287. The van der Waals surface area contributed by atoms with Crippen LogP contribution < -0.4 is 0 Å². The van der Waals surface area contributed by atoms with Gasteiger partial charge in [0, 0.05) is 12.8 Å². The fourth-order valence-corrected chi connectivity index (χ4v) is 1.67. The van der Waals surface area contributed by atoms with Crippen molar-refractivity contribution in [2.45, 2.75) is 19.3 Å². The second kappa shape index (κ2) is 3.02. The number of Topliss-reactive ketones (excluding diaryl/α,β-unsaturated/α-hetero) is 1. The largest absolute Gasteiger partial charge is 0.299 e. The van der Waals surface area contributed by atoms with Gasteiger partial charge < -0.3 is 0 Å². The lowest BCUT2D eigenvalue weighted by atomic mass is 9.90. The van der Waals surface area contributed by atoms with E-state index in [2.05, 4.69) is 4.85 Å². The quantitative estimate of drug-likeness (QED) is 0.549. The highest BCUT2D eigenvalue weighted by Crippen LogP contribution is 2.23. The summed E-state index contributed by atoms with van der Waals surface area (Å²) in [6.45, 7) is 6.85. The molecule has 0 spiro atoms. The van der Waals surface area contributed by atoms with E-state index in [-0.39, 0.29) is 5.78 Å². The standard InChI is InChI=1S/C11H9NO/c1-12-10-4-2-8-3-5-11(13)7-9(8)6-10/h2,4,6H,3,5,7H2. The maximum absolute atomic E-state index is 11.1. The molecule has 1 aliphatic rings. The highest BCUT2D eigenvalue weighted by Gasteiger charge is 2.14. The number of hydrogen-bond donors (Lipinski definition) is 0. The summed E-state index contributed by atoms with van der Waals surface area (Å²) in [5.41, 5.74) is 2.91. The van der Waals surface area contributed by atoms with Crippen LogP contribution in [0, 0.1) is 6.57 Å². The molecule has 1 aromatic rings. The van der Waals surface area contributed by atoms with Crippen molar-refractivity contribution in [2.24, 2.45) is 0 Å². The molecule has 2 heteroatoms. The highest BCUT2D eigenvalue weighted by atomic mass is 16.1. The van der Waals surface area contributed by atoms with E-state index in [9.17, 15) is 4.79 Å². The van der Waals surface area contributed by atoms with Crippen LogP contribution >= 0.6 is 0 Å². The monoisotopic (exact) mass is 171 g/mol. The van der Waals surface area contributed by atoms with Crippen molar-refractivity contribution < 1.29 is 4.79 Å². The maximum atomic E-state index is 11.1. The van der Waals surface area contributed by atoms with Crippen molar-refractivity contribution in [1.29, 1.82) is 0 Å². The fraction of sp³-hybridized carbons (Fsp3) is 0.273. The lowest BCUT2D eigenvalue weighted by Crippen LogP contribution is -2.12. The molecule has 0 heterocycles. The summed E-state index contributed by atoms with van der Waals surface area (Å²) in [6, 6.07) is 5.62. The van der Waals surface area contributed by atoms with Crippen LogP contribution in [-0.2, 0) is 17.6 Å². The van der Waals surface area contributed by atoms with Gasteiger partial charge in [-0.1, -0.05) is 18.2 Å².